The number of halogens is 3. The third-order valence-corrected chi connectivity index (χ3v) is 5.37. The lowest BCUT2D eigenvalue weighted by Gasteiger charge is -2.32. The van der Waals surface area contributed by atoms with Gasteiger partial charge in [-0.1, -0.05) is 12.1 Å². The Morgan fingerprint density at radius 3 is 2.52 bits per heavy atom. The van der Waals surface area contributed by atoms with Gasteiger partial charge < -0.3 is 14.2 Å². The third-order valence-electron chi connectivity index (χ3n) is 5.37. The molecule has 0 radical (unpaired) electrons. The zero-order valence-electron chi connectivity index (χ0n) is 16.7. The number of hydrogen-bond acceptors (Lipinski definition) is 5. The summed E-state index contributed by atoms with van der Waals surface area (Å²) in [5.41, 5.74) is 0.213. The second kappa shape index (κ2) is 7.64. The first kappa shape index (κ1) is 20.8. The second-order valence-electron chi connectivity index (χ2n) is 7.08. The smallest absolute Gasteiger partial charge is 0.416 e. The predicted molar refractivity (Wildman–Crippen MR) is 104 cm³/mol. The van der Waals surface area contributed by atoms with E-state index in [2.05, 4.69) is 0 Å². The zero-order chi connectivity index (χ0) is 22.3. The highest BCUT2D eigenvalue weighted by Crippen LogP contribution is 2.45. The zero-order valence-corrected chi connectivity index (χ0v) is 16.7. The van der Waals surface area contributed by atoms with Crippen LogP contribution in [0.1, 0.15) is 23.5 Å². The molecule has 6 nitrogen and oxygen atoms in total. The summed E-state index contributed by atoms with van der Waals surface area (Å²) >= 11 is 0. The number of cyclic esters (lactones) is 1. The fourth-order valence-corrected chi connectivity index (χ4v) is 3.95. The number of methoxy groups -OCH3 is 2. The first-order valence-corrected chi connectivity index (χ1v) is 9.37. The van der Waals surface area contributed by atoms with Crippen LogP contribution in [0.3, 0.4) is 0 Å². The van der Waals surface area contributed by atoms with Crippen LogP contribution in [0.25, 0.3) is 0 Å². The van der Waals surface area contributed by atoms with Crippen molar-refractivity contribution in [2.24, 2.45) is 0 Å². The Kier molecular flexibility index (Phi) is 5.12. The molecule has 0 saturated heterocycles. The van der Waals surface area contributed by atoms with Crippen LogP contribution in [-0.4, -0.2) is 32.7 Å². The van der Waals surface area contributed by atoms with Crippen molar-refractivity contribution < 1.29 is 37.0 Å². The van der Waals surface area contributed by atoms with Gasteiger partial charge in [0.05, 0.1) is 31.1 Å². The summed E-state index contributed by atoms with van der Waals surface area (Å²) in [5, 5.41) is 0. The van der Waals surface area contributed by atoms with Crippen molar-refractivity contribution in [2.45, 2.75) is 18.5 Å². The molecule has 2 aliphatic heterocycles. The molecule has 0 fully saturated rings. The molecule has 0 unspecified atom stereocenters. The number of carbonyl (C=O) groups excluding carboxylic acids is 2. The molecule has 2 aromatic rings. The predicted octanol–water partition coefficient (Wildman–Crippen LogP) is 4.05. The molecule has 4 rings (SSSR count). The highest BCUT2D eigenvalue weighted by molar-refractivity contribution is 6.06. The van der Waals surface area contributed by atoms with E-state index >= 15 is 0 Å². The molecule has 1 atom stereocenters. The quantitative estimate of drug-likeness (QED) is 0.681. The standard InChI is InChI=1S/C22H18F3NO5/c1-29-14-6-7-15(18(9-14)30-2)16-10-19(27)26(17-11-31-21(28)20(16)17)13-5-3-4-12(8-13)22(23,24)25/h3-9,16H,10-11H2,1-2H3/t16-/m1/s1. The molecule has 0 saturated carbocycles. The number of alkyl halides is 3. The Balaban J connectivity index is 1.83. The van der Waals surface area contributed by atoms with Crippen LogP contribution in [0.15, 0.2) is 53.7 Å². The van der Waals surface area contributed by atoms with Gasteiger partial charge in [-0.3, -0.25) is 9.69 Å². The van der Waals surface area contributed by atoms with Crippen molar-refractivity contribution >= 4 is 17.6 Å². The van der Waals surface area contributed by atoms with E-state index in [1.165, 1.54) is 26.4 Å². The van der Waals surface area contributed by atoms with Crippen molar-refractivity contribution in [3.63, 3.8) is 0 Å². The van der Waals surface area contributed by atoms with Crippen LogP contribution >= 0.6 is 0 Å². The number of esters is 1. The number of hydrogen-bond donors (Lipinski definition) is 0. The van der Waals surface area contributed by atoms with Gasteiger partial charge in [0.2, 0.25) is 5.91 Å². The maximum absolute atomic E-state index is 13.2. The molecule has 0 N–H and O–H groups in total. The normalized spacial score (nSPS) is 18.7. The monoisotopic (exact) mass is 433 g/mol. The minimum atomic E-state index is -4.56. The van der Waals surface area contributed by atoms with Crippen LogP contribution in [0, 0.1) is 0 Å². The molecule has 0 spiro atoms. The van der Waals surface area contributed by atoms with Gasteiger partial charge in [0, 0.05) is 29.7 Å². The molecular weight excluding hydrogens is 415 g/mol. The first-order valence-electron chi connectivity index (χ1n) is 9.37. The maximum atomic E-state index is 13.2. The van der Waals surface area contributed by atoms with Gasteiger partial charge in [-0.15, -0.1) is 0 Å². The number of nitrogens with zero attached hydrogens (tertiary/aromatic N) is 1. The van der Waals surface area contributed by atoms with Gasteiger partial charge in [-0.2, -0.15) is 13.2 Å². The van der Waals surface area contributed by atoms with Crippen LogP contribution in [0.2, 0.25) is 0 Å². The molecule has 162 valence electrons. The molecule has 0 aromatic heterocycles. The molecule has 0 aliphatic carbocycles. The van der Waals surface area contributed by atoms with Crippen LogP contribution in [0.4, 0.5) is 18.9 Å². The lowest BCUT2D eigenvalue weighted by Crippen LogP contribution is -2.37. The summed E-state index contributed by atoms with van der Waals surface area (Å²) < 4.78 is 55.3. The SMILES string of the molecule is COc1ccc([C@H]2CC(=O)N(c3cccc(C(F)(F)F)c3)C3=C2C(=O)OC3)c(OC)c1. The van der Waals surface area contributed by atoms with Gasteiger partial charge in [-0.05, 0) is 24.3 Å². The van der Waals surface area contributed by atoms with Gasteiger partial charge in [0.15, 0.2) is 0 Å². The van der Waals surface area contributed by atoms with Crippen LogP contribution in [0.5, 0.6) is 11.5 Å². The van der Waals surface area contributed by atoms with Crippen molar-refractivity contribution in [3.05, 3.63) is 64.9 Å². The number of ether oxygens (including phenoxy) is 3. The summed E-state index contributed by atoms with van der Waals surface area (Å²) in [7, 11) is 2.96. The van der Waals surface area contributed by atoms with Crippen LogP contribution < -0.4 is 14.4 Å². The molecule has 2 heterocycles. The average Bonchev–Trinajstić information content (AvgIpc) is 3.13. The van der Waals surface area contributed by atoms with Crippen molar-refractivity contribution in [1.29, 1.82) is 0 Å². The third kappa shape index (κ3) is 3.60. The summed E-state index contributed by atoms with van der Waals surface area (Å²) in [5.74, 6) is -0.741. The van der Waals surface area contributed by atoms with Crippen molar-refractivity contribution in [1.82, 2.24) is 0 Å². The molecule has 2 aromatic carbocycles. The van der Waals surface area contributed by atoms with Crippen molar-refractivity contribution in [3.8, 4) is 11.5 Å². The van der Waals surface area contributed by atoms with E-state index in [-0.39, 0.29) is 30.0 Å². The lowest BCUT2D eigenvalue weighted by atomic mass is 9.83. The molecule has 0 bridgehead atoms. The Morgan fingerprint density at radius 1 is 1.06 bits per heavy atom. The van der Waals surface area contributed by atoms with Gasteiger partial charge >= 0.3 is 12.1 Å². The number of anilines is 1. The molecular formula is C22H18F3NO5. The molecule has 1 amide bonds. The van der Waals surface area contributed by atoms with E-state index in [0.29, 0.717) is 17.1 Å². The van der Waals surface area contributed by atoms with Crippen molar-refractivity contribution in [2.75, 3.05) is 25.7 Å². The average molecular weight is 433 g/mol. The Bertz CT molecular complexity index is 1090. The van der Waals surface area contributed by atoms with Gasteiger partial charge in [0.25, 0.3) is 0 Å². The van der Waals surface area contributed by atoms with E-state index in [1.54, 1.807) is 18.2 Å². The second-order valence-corrected chi connectivity index (χ2v) is 7.08. The Hall–Kier alpha value is -3.49. The lowest BCUT2D eigenvalue weighted by molar-refractivity contribution is -0.138. The van der Waals surface area contributed by atoms with E-state index in [1.807, 2.05) is 0 Å². The largest absolute Gasteiger partial charge is 0.497 e. The highest BCUT2D eigenvalue weighted by Gasteiger charge is 2.44. The Labute approximate surface area is 175 Å². The van der Waals surface area contributed by atoms with E-state index in [4.69, 9.17) is 14.2 Å². The minimum absolute atomic E-state index is 0.0331. The van der Waals surface area contributed by atoms with E-state index in [0.717, 1.165) is 17.0 Å². The summed E-state index contributed by atoms with van der Waals surface area (Å²) in [4.78, 5) is 26.8. The Morgan fingerprint density at radius 2 is 1.84 bits per heavy atom. The number of benzene rings is 2. The highest BCUT2D eigenvalue weighted by atomic mass is 19.4. The van der Waals surface area contributed by atoms with Gasteiger partial charge in [-0.25, -0.2) is 4.79 Å². The summed E-state index contributed by atoms with van der Waals surface area (Å²) in [6, 6.07) is 9.46. The molecule has 31 heavy (non-hydrogen) atoms. The molecule has 9 heteroatoms. The summed E-state index contributed by atoms with van der Waals surface area (Å²) in [6.07, 6.45) is -4.69. The van der Waals surface area contributed by atoms with Gasteiger partial charge in [0.1, 0.15) is 18.1 Å². The number of amides is 1. The summed E-state index contributed by atoms with van der Waals surface area (Å²) in [6.45, 7) is -0.203. The molecule has 2 aliphatic rings. The first-order chi connectivity index (χ1) is 14.7. The maximum Gasteiger partial charge on any atom is 0.416 e. The topological polar surface area (TPSA) is 65.1 Å². The van der Waals surface area contributed by atoms with E-state index in [9.17, 15) is 22.8 Å². The van der Waals surface area contributed by atoms with Crippen LogP contribution in [-0.2, 0) is 20.5 Å². The number of carbonyl (C=O) groups is 2. The fourth-order valence-electron chi connectivity index (χ4n) is 3.95. The minimum Gasteiger partial charge on any atom is -0.497 e. The fraction of sp³-hybridized carbons (Fsp3) is 0.273. The number of rotatable bonds is 4. The van der Waals surface area contributed by atoms with E-state index < -0.39 is 29.5 Å².